The lowest BCUT2D eigenvalue weighted by Crippen LogP contribution is -2.54. The van der Waals surface area contributed by atoms with Gasteiger partial charge >= 0.3 is 0 Å². The van der Waals surface area contributed by atoms with Crippen molar-refractivity contribution in [1.29, 1.82) is 0 Å². The summed E-state index contributed by atoms with van der Waals surface area (Å²) in [7, 11) is 0. The van der Waals surface area contributed by atoms with Crippen LogP contribution in [0.3, 0.4) is 0 Å². The SMILES string of the molecule is Cc1ccc(C(CNC2(C(COCc3ccc(Cl)cc3)c3ccc(C)cc3C)CCCCC2)COCc2ccc(Cl)cc2)c(C)c1. The van der Waals surface area contributed by atoms with Crippen molar-refractivity contribution < 1.29 is 9.47 Å². The summed E-state index contributed by atoms with van der Waals surface area (Å²) in [4.78, 5) is 0. The highest BCUT2D eigenvalue weighted by atomic mass is 35.5. The molecular formula is C41H49Cl2NO2. The normalized spacial score (nSPS) is 15.9. The minimum Gasteiger partial charge on any atom is -0.376 e. The van der Waals surface area contributed by atoms with Gasteiger partial charge < -0.3 is 14.8 Å². The van der Waals surface area contributed by atoms with Crippen LogP contribution in [0.4, 0.5) is 0 Å². The molecule has 0 radical (unpaired) electrons. The monoisotopic (exact) mass is 657 g/mol. The molecule has 0 aromatic heterocycles. The fourth-order valence-corrected chi connectivity index (χ4v) is 7.49. The summed E-state index contributed by atoms with van der Waals surface area (Å²) in [6, 6.07) is 29.7. The Hall–Kier alpha value is -2.66. The Morgan fingerprint density at radius 3 is 1.65 bits per heavy atom. The van der Waals surface area contributed by atoms with Crippen molar-refractivity contribution in [3.8, 4) is 0 Å². The van der Waals surface area contributed by atoms with Crippen LogP contribution < -0.4 is 5.32 Å². The molecule has 3 nitrogen and oxygen atoms in total. The molecule has 1 aliphatic rings. The second kappa shape index (κ2) is 16.4. The lowest BCUT2D eigenvalue weighted by molar-refractivity contribution is 0.0572. The minimum atomic E-state index is -0.0781. The Morgan fingerprint density at radius 2 is 1.13 bits per heavy atom. The highest BCUT2D eigenvalue weighted by Gasteiger charge is 2.41. The van der Waals surface area contributed by atoms with Gasteiger partial charge in [-0.1, -0.05) is 114 Å². The van der Waals surface area contributed by atoms with Crippen LogP contribution in [0.15, 0.2) is 84.9 Å². The van der Waals surface area contributed by atoms with Crippen LogP contribution in [0.25, 0.3) is 0 Å². The average Bonchev–Trinajstić information content (AvgIpc) is 3.04. The molecule has 5 rings (SSSR count). The molecule has 2 unspecified atom stereocenters. The summed E-state index contributed by atoms with van der Waals surface area (Å²) in [6.07, 6.45) is 5.96. The van der Waals surface area contributed by atoms with E-state index in [1.165, 1.54) is 52.6 Å². The van der Waals surface area contributed by atoms with Crippen molar-refractivity contribution in [2.45, 2.75) is 90.4 Å². The molecule has 0 saturated heterocycles. The molecule has 1 aliphatic carbocycles. The number of benzene rings is 4. The zero-order chi connectivity index (χ0) is 32.5. The standard InChI is InChI=1S/C41H49Cl2NO2/c1-29-8-18-38(31(3)22-29)35(27-45-25-33-10-14-36(42)15-11-33)24-44-41(20-6-5-7-21-41)40(39-19-9-30(2)23-32(39)4)28-46-26-34-12-16-37(43)17-13-34/h8-19,22-23,35,40,44H,5-7,20-21,24-28H2,1-4H3. The molecule has 0 heterocycles. The first-order chi connectivity index (χ1) is 22.2. The molecule has 0 bridgehead atoms. The fraction of sp³-hybridized carbons (Fsp3) is 0.415. The molecule has 1 fully saturated rings. The average molecular weight is 659 g/mol. The largest absolute Gasteiger partial charge is 0.376 e. The van der Waals surface area contributed by atoms with Gasteiger partial charge in [0, 0.05) is 34.0 Å². The number of ether oxygens (including phenoxy) is 2. The Labute approximate surface area is 286 Å². The van der Waals surface area contributed by atoms with Crippen molar-refractivity contribution in [3.63, 3.8) is 0 Å². The van der Waals surface area contributed by atoms with Crippen molar-refractivity contribution in [3.05, 3.63) is 139 Å². The third kappa shape index (κ3) is 9.24. The quantitative estimate of drug-likeness (QED) is 0.146. The molecule has 0 spiro atoms. The van der Waals surface area contributed by atoms with Crippen molar-refractivity contribution >= 4 is 23.2 Å². The molecule has 1 N–H and O–H groups in total. The summed E-state index contributed by atoms with van der Waals surface area (Å²) in [6.45, 7) is 12.1. The van der Waals surface area contributed by atoms with Gasteiger partial charge in [0.15, 0.2) is 0 Å². The maximum Gasteiger partial charge on any atom is 0.0717 e. The predicted molar refractivity (Wildman–Crippen MR) is 193 cm³/mol. The number of aryl methyl sites for hydroxylation is 4. The number of nitrogens with one attached hydrogen (secondary N) is 1. The van der Waals surface area contributed by atoms with E-state index in [2.05, 4.69) is 81.5 Å². The van der Waals surface area contributed by atoms with E-state index < -0.39 is 0 Å². The smallest absolute Gasteiger partial charge is 0.0717 e. The molecule has 4 aromatic rings. The molecule has 244 valence electrons. The Morgan fingerprint density at radius 1 is 0.630 bits per heavy atom. The Balaban J connectivity index is 1.40. The van der Waals surface area contributed by atoms with Gasteiger partial charge in [-0.25, -0.2) is 0 Å². The molecule has 46 heavy (non-hydrogen) atoms. The summed E-state index contributed by atoms with van der Waals surface area (Å²) in [5.74, 6) is 0.428. The van der Waals surface area contributed by atoms with Crippen LogP contribution >= 0.6 is 23.2 Å². The molecule has 2 atom stereocenters. The first-order valence-corrected chi connectivity index (χ1v) is 17.5. The van der Waals surface area contributed by atoms with E-state index in [1.54, 1.807) is 0 Å². The minimum absolute atomic E-state index is 0.0781. The topological polar surface area (TPSA) is 30.5 Å². The van der Waals surface area contributed by atoms with Gasteiger partial charge in [0.25, 0.3) is 0 Å². The summed E-state index contributed by atoms with van der Waals surface area (Å²) in [5.41, 5.74) is 10.2. The van der Waals surface area contributed by atoms with Crippen molar-refractivity contribution in [2.75, 3.05) is 19.8 Å². The Kier molecular flexibility index (Phi) is 12.4. The van der Waals surface area contributed by atoms with Crippen LogP contribution in [-0.2, 0) is 22.7 Å². The van der Waals surface area contributed by atoms with Gasteiger partial charge in [0.2, 0.25) is 0 Å². The first kappa shape index (κ1) is 34.7. The summed E-state index contributed by atoms with van der Waals surface area (Å²) >= 11 is 12.3. The van der Waals surface area contributed by atoms with E-state index in [0.717, 1.165) is 40.6 Å². The van der Waals surface area contributed by atoms with Crippen LogP contribution in [0, 0.1) is 27.7 Å². The zero-order valence-electron chi connectivity index (χ0n) is 27.9. The number of halogens is 2. The molecule has 0 aliphatic heterocycles. The van der Waals surface area contributed by atoms with Crippen LogP contribution in [0.1, 0.15) is 88.4 Å². The fourth-order valence-electron chi connectivity index (χ4n) is 7.24. The number of hydrogen-bond donors (Lipinski definition) is 1. The van der Waals surface area contributed by atoms with Crippen LogP contribution in [0.5, 0.6) is 0 Å². The third-order valence-corrected chi connectivity index (χ3v) is 10.3. The van der Waals surface area contributed by atoms with E-state index in [-0.39, 0.29) is 17.4 Å². The second-order valence-corrected chi connectivity index (χ2v) is 14.2. The van der Waals surface area contributed by atoms with E-state index in [0.29, 0.717) is 26.4 Å². The van der Waals surface area contributed by atoms with E-state index in [4.69, 9.17) is 32.7 Å². The van der Waals surface area contributed by atoms with Crippen molar-refractivity contribution in [1.82, 2.24) is 5.32 Å². The zero-order valence-corrected chi connectivity index (χ0v) is 29.4. The molecule has 0 amide bonds. The van der Waals surface area contributed by atoms with E-state index in [9.17, 15) is 0 Å². The van der Waals surface area contributed by atoms with Crippen LogP contribution in [0.2, 0.25) is 10.0 Å². The Bertz CT molecular complexity index is 1540. The lowest BCUT2D eigenvalue weighted by Gasteiger charge is -2.46. The van der Waals surface area contributed by atoms with Crippen molar-refractivity contribution in [2.24, 2.45) is 0 Å². The first-order valence-electron chi connectivity index (χ1n) is 16.8. The highest BCUT2D eigenvalue weighted by molar-refractivity contribution is 6.30. The van der Waals surface area contributed by atoms with Gasteiger partial charge in [0.05, 0.1) is 26.4 Å². The molecule has 4 aromatic carbocycles. The predicted octanol–water partition coefficient (Wildman–Crippen LogP) is 10.8. The number of hydrogen-bond acceptors (Lipinski definition) is 3. The highest BCUT2D eigenvalue weighted by Crippen LogP contribution is 2.42. The third-order valence-electron chi connectivity index (χ3n) is 9.75. The lowest BCUT2D eigenvalue weighted by atomic mass is 9.69. The van der Waals surface area contributed by atoms with Gasteiger partial charge in [-0.3, -0.25) is 0 Å². The van der Waals surface area contributed by atoms with Gasteiger partial charge in [-0.2, -0.15) is 0 Å². The molecule has 1 saturated carbocycles. The van der Waals surface area contributed by atoms with Crippen LogP contribution in [-0.4, -0.2) is 25.3 Å². The summed E-state index contributed by atoms with van der Waals surface area (Å²) < 4.78 is 13.0. The maximum atomic E-state index is 6.57. The molecular weight excluding hydrogens is 609 g/mol. The van der Waals surface area contributed by atoms with E-state index >= 15 is 0 Å². The van der Waals surface area contributed by atoms with E-state index in [1.807, 2.05) is 36.4 Å². The summed E-state index contributed by atoms with van der Waals surface area (Å²) in [5, 5.41) is 5.73. The molecule has 5 heteroatoms. The maximum absolute atomic E-state index is 6.57. The van der Waals surface area contributed by atoms with Gasteiger partial charge in [0.1, 0.15) is 0 Å². The second-order valence-electron chi connectivity index (χ2n) is 13.4. The number of rotatable bonds is 14. The van der Waals surface area contributed by atoms with Gasteiger partial charge in [-0.15, -0.1) is 0 Å². The van der Waals surface area contributed by atoms with Gasteiger partial charge in [-0.05, 0) is 98.2 Å².